The van der Waals surface area contributed by atoms with Crippen molar-refractivity contribution in [2.45, 2.75) is 0 Å². The Hall–Kier alpha value is -0.890. The number of nitrogens with one attached hydrogen (secondary N) is 1. The Morgan fingerprint density at radius 3 is 2.87 bits per heavy atom. The van der Waals surface area contributed by atoms with Gasteiger partial charge in [-0.05, 0) is 35.7 Å². The summed E-state index contributed by atoms with van der Waals surface area (Å²) in [7, 11) is 1.84. The zero-order valence-electron chi connectivity index (χ0n) is 8.20. The first kappa shape index (κ1) is 12.2. The number of nitrogens with zero attached hydrogens (tertiary/aromatic N) is 1. The molecule has 5 nitrogen and oxygen atoms in total. The number of non-ortho nitro benzene ring substituents is 1. The number of likely N-dealkylation sites (N-methyl/N-ethyl adjacent to an activating group) is 1. The van der Waals surface area contributed by atoms with Gasteiger partial charge in [-0.15, -0.1) is 0 Å². The van der Waals surface area contributed by atoms with E-state index in [2.05, 4.69) is 5.32 Å². The molecule has 6 heteroatoms. The van der Waals surface area contributed by atoms with Gasteiger partial charge in [-0.1, -0.05) is 0 Å². The standard InChI is InChI=1S/C9H11IN2O3/c1-11-4-5-15-9-3-2-7(12(13)14)6-8(9)10/h2-3,6,11H,4-5H2,1H3. The minimum atomic E-state index is -0.417. The molecule has 1 aromatic carbocycles. The SMILES string of the molecule is CNCCOc1ccc([N+](=O)[O-])cc1I. The van der Waals surface area contributed by atoms with Crippen LogP contribution in [0.3, 0.4) is 0 Å². The summed E-state index contributed by atoms with van der Waals surface area (Å²) in [6.07, 6.45) is 0. The van der Waals surface area contributed by atoms with Crippen molar-refractivity contribution in [3.05, 3.63) is 31.9 Å². The van der Waals surface area contributed by atoms with Gasteiger partial charge in [-0.3, -0.25) is 10.1 Å². The third kappa shape index (κ3) is 3.63. The molecule has 0 aliphatic rings. The average molecular weight is 322 g/mol. The molecule has 1 N–H and O–H groups in total. The number of rotatable bonds is 5. The minimum Gasteiger partial charge on any atom is -0.491 e. The van der Waals surface area contributed by atoms with Gasteiger partial charge in [-0.2, -0.15) is 0 Å². The van der Waals surface area contributed by atoms with Crippen molar-refractivity contribution in [2.75, 3.05) is 20.2 Å². The van der Waals surface area contributed by atoms with Crippen LogP contribution >= 0.6 is 22.6 Å². The van der Waals surface area contributed by atoms with Gasteiger partial charge >= 0.3 is 0 Å². The predicted molar refractivity (Wildman–Crippen MR) is 65.2 cm³/mol. The van der Waals surface area contributed by atoms with Crippen molar-refractivity contribution in [1.82, 2.24) is 5.32 Å². The van der Waals surface area contributed by atoms with E-state index >= 15 is 0 Å². The quantitative estimate of drug-likeness (QED) is 0.389. The van der Waals surface area contributed by atoms with Gasteiger partial charge in [-0.25, -0.2) is 0 Å². The van der Waals surface area contributed by atoms with Crippen LogP contribution in [0, 0.1) is 13.7 Å². The molecule has 0 fully saturated rings. The third-order valence-corrected chi connectivity index (χ3v) is 2.58. The fourth-order valence-electron chi connectivity index (χ4n) is 0.983. The summed E-state index contributed by atoms with van der Waals surface area (Å²) in [4.78, 5) is 10.1. The van der Waals surface area contributed by atoms with E-state index in [1.54, 1.807) is 6.07 Å². The van der Waals surface area contributed by atoms with E-state index in [0.29, 0.717) is 12.4 Å². The summed E-state index contributed by atoms with van der Waals surface area (Å²) in [5.41, 5.74) is 0.0837. The van der Waals surface area contributed by atoms with E-state index in [1.807, 2.05) is 29.6 Å². The molecule has 15 heavy (non-hydrogen) atoms. The first-order valence-corrected chi connectivity index (χ1v) is 5.44. The number of benzene rings is 1. The van der Waals surface area contributed by atoms with Gasteiger partial charge in [0.25, 0.3) is 5.69 Å². The van der Waals surface area contributed by atoms with Gasteiger partial charge in [0.2, 0.25) is 0 Å². The van der Waals surface area contributed by atoms with E-state index < -0.39 is 4.92 Å². The van der Waals surface area contributed by atoms with Crippen molar-refractivity contribution in [2.24, 2.45) is 0 Å². The van der Waals surface area contributed by atoms with Gasteiger partial charge in [0.05, 0.1) is 8.49 Å². The highest BCUT2D eigenvalue weighted by molar-refractivity contribution is 14.1. The molecule has 1 rings (SSSR count). The maximum absolute atomic E-state index is 10.5. The number of halogens is 1. The molecule has 1 aromatic rings. The Kier molecular flexibility index (Phi) is 4.76. The Morgan fingerprint density at radius 1 is 1.60 bits per heavy atom. The first-order valence-electron chi connectivity index (χ1n) is 4.36. The van der Waals surface area contributed by atoms with E-state index in [4.69, 9.17) is 4.74 Å². The minimum absolute atomic E-state index is 0.0837. The van der Waals surface area contributed by atoms with Crippen molar-refractivity contribution in [1.29, 1.82) is 0 Å². The van der Waals surface area contributed by atoms with Gasteiger partial charge < -0.3 is 10.1 Å². The topological polar surface area (TPSA) is 64.4 Å². The fraction of sp³-hybridized carbons (Fsp3) is 0.333. The Labute approximate surface area is 101 Å². The predicted octanol–water partition coefficient (Wildman–Crippen LogP) is 1.80. The molecule has 0 radical (unpaired) electrons. The molecule has 0 unspecified atom stereocenters. The number of hydrogen-bond donors (Lipinski definition) is 1. The van der Waals surface area contributed by atoms with Crippen LogP contribution in [0.2, 0.25) is 0 Å². The maximum atomic E-state index is 10.5. The van der Waals surface area contributed by atoms with Crippen LogP contribution in [0.1, 0.15) is 0 Å². The van der Waals surface area contributed by atoms with Crippen LogP contribution in [-0.2, 0) is 0 Å². The highest BCUT2D eigenvalue weighted by Crippen LogP contribution is 2.25. The molecule has 0 bridgehead atoms. The second kappa shape index (κ2) is 5.86. The Balaban J connectivity index is 2.70. The van der Waals surface area contributed by atoms with Crippen LogP contribution in [-0.4, -0.2) is 25.1 Å². The lowest BCUT2D eigenvalue weighted by atomic mass is 10.3. The van der Waals surface area contributed by atoms with Crippen molar-refractivity contribution in [3.8, 4) is 5.75 Å². The molecule has 0 aromatic heterocycles. The Bertz CT molecular complexity index is 357. The zero-order valence-corrected chi connectivity index (χ0v) is 10.4. The molecule has 0 aliphatic heterocycles. The second-order valence-electron chi connectivity index (χ2n) is 2.82. The third-order valence-electron chi connectivity index (χ3n) is 1.74. The largest absolute Gasteiger partial charge is 0.491 e. The van der Waals surface area contributed by atoms with Gasteiger partial charge in [0, 0.05) is 18.7 Å². The summed E-state index contributed by atoms with van der Waals surface area (Å²) in [5, 5.41) is 13.4. The number of ether oxygens (including phenoxy) is 1. The molecule has 0 heterocycles. The van der Waals surface area contributed by atoms with Crippen molar-refractivity contribution >= 4 is 28.3 Å². The molecule has 0 amide bonds. The number of nitro benzene ring substituents is 1. The van der Waals surface area contributed by atoms with Crippen molar-refractivity contribution < 1.29 is 9.66 Å². The van der Waals surface area contributed by atoms with E-state index in [1.165, 1.54) is 12.1 Å². The number of nitro groups is 1. The molecular weight excluding hydrogens is 311 g/mol. The van der Waals surface area contributed by atoms with Gasteiger partial charge in [0.15, 0.2) is 0 Å². The Morgan fingerprint density at radius 2 is 2.33 bits per heavy atom. The summed E-state index contributed by atoms with van der Waals surface area (Å²) < 4.78 is 6.17. The molecular formula is C9H11IN2O3. The van der Waals surface area contributed by atoms with Crippen LogP contribution in [0.25, 0.3) is 0 Å². The molecule has 0 saturated carbocycles. The maximum Gasteiger partial charge on any atom is 0.270 e. The monoisotopic (exact) mass is 322 g/mol. The van der Waals surface area contributed by atoms with Gasteiger partial charge in [0.1, 0.15) is 12.4 Å². The van der Waals surface area contributed by atoms with Crippen molar-refractivity contribution in [3.63, 3.8) is 0 Å². The summed E-state index contributed by atoms with van der Waals surface area (Å²) >= 11 is 2.02. The average Bonchev–Trinajstić information content (AvgIpc) is 2.20. The highest BCUT2D eigenvalue weighted by atomic mass is 127. The summed E-state index contributed by atoms with van der Waals surface area (Å²) in [5.74, 6) is 0.677. The summed E-state index contributed by atoms with van der Waals surface area (Å²) in [6, 6.07) is 4.56. The van der Waals surface area contributed by atoms with E-state index in [0.717, 1.165) is 10.1 Å². The first-order chi connectivity index (χ1) is 7.15. The smallest absolute Gasteiger partial charge is 0.270 e. The van der Waals surface area contributed by atoms with Crippen LogP contribution in [0.5, 0.6) is 5.75 Å². The zero-order chi connectivity index (χ0) is 11.3. The second-order valence-corrected chi connectivity index (χ2v) is 3.99. The van der Waals surface area contributed by atoms with Crippen LogP contribution in [0.15, 0.2) is 18.2 Å². The van der Waals surface area contributed by atoms with Crippen LogP contribution < -0.4 is 10.1 Å². The van der Waals surface area contributed by atoms with E-state index in [-0.39, 0.29) is 5.69 Å². The van der Waals surface area contributed by atoms with Crippen LogP contribution in [0.4, 0.5) is 5.69 Å². The van der Waals surface area contributed by atoms with E-state index in [9.17, 15) is 10.1 Å². The number of hydrogen-bond acceptors (Lipinski definition) is 4. The molecule has 0 saturated heterocycles. The lowest BCUT2D eigenvalue weighted by Gasteiger charge is -2.07. The molecule has 0 aliphatic carbocycles. The molecule has 0 spiro atoms. The fourth-order valence-corrected chi connectivity index (χ4v) is 1.64. The lowest BCUT2D eigenvalue weighted by molar-refractivity contribution is -0.385. The molecule has 82 valence electrons. The lowest BCUT2D eigenvalue weighted by Crippen LogP contribution is -2.16. The molecule has 0 atom stereocenters. The summed E-state index contributed by atoms with van der Waals surface area (Å²) in [6.45, 7) is 1.29. The normalized spacial score (nSPS) is 10.0. The highest BCUT2D eigenvalue weighted by Gasteiger charge is 2.09.